The largest absolute Gasteiger partial charge is 0.461 e. The Morgan fingerprint density at radius 2 is 1.87 bits per heavy atom. The van der Waals surface area contributed by atoms with E-state index in [0.717, 1.165) is 0 Å². The lowest BCUT2D eigenvalue weighted by atomic mass is 10.4. The Balaban J connectivity index is 3.70. The zero-order chi connectivity index (χ0) is 11.9. The van der Waals surface area contributed by atoms with Crippen molar-refractivity contribution in [3.63, 3.8) is 0 Å². The molecule has 0 aromatic carbocycles. The van der Waals surface area contributed by atoms with E-state index >= 15 is 0 Å². The van der Waals surface area contributed by atoms with E-state index in [1.54, 1.807) is 6.92 Å². The molecule has 0 aliphatic rings. The third-order valence-corrected chi connectivity index (χ3v) is 2.60. The lowest BCUT2D eigenvalue weighted by molar-refractivity contribution is -0.153. The Hall–Kier alpha value is -0.393. The maximum absolute atomic E-state index is 11.4. The number of hydrogen-bond donors (Lipinski definition) is 0. The highest BCUT2D eigenvalue weighted by atomic mass is 28.4. The lowest BCUT2D eigenvalue weighted by Gasteiger charge is -2.22. The molecule has 15 heavy (non-hydrogen) atoms. The van der Waals surface area contributed by atoms with Crippen LogP contribution in [0.15, 0.2) is 0 Å². The predicted octanol–water partition coefficient (Wildman–Crippen LogP) is 1.81. The molecule has 0 aliphatic heterocycles. The SMILES string of the molecule is CCOCCOC(=O)C(C)O[Si](C)(C)C. The van der Waals surface area contributed by atoms with Crippen molar-refractivity contribution in [2.24, 2.45) is 0 Å². The fourth-order valence-corrected chi connectivity index (χ4v) is 2.20. The smallest absolute Gasteiger partial charge is 0.333 e. The third kappa shape index (κ3) is 8.59. The Morgan fingerprint density at radius 1 is 1.27 bits per heavy atom. The Labute approximate surface area is 93.0 Å². The van der Waals surface area contributed by atoms with Crippen molar-refractivity contribution in [3.05, 3.63) is 0 Å². The van der Waals surface area contributed by atoms with E-state index < -0.39 is 14.4 Å². The molecule has 0 radical (unpaired) electrons. The van der Waals surface area contributed by atoms with Crippen molar-refractivity contribution in [3.8, 4) is 0 Å². The van der Waals surface area contributed by atoms with Crippen LogP contribution < -0.4 is 0 Å². The van der Waals surface area contributed by atoms with Crippen LogP contribution in [0.4, 0.5) is 0 Å². The average molecular weight is 234 g/mol. The van der Waals surface area contributed by atoms with E-state index in [1.165, 1.54) is 0 Å². The highest BCUT2D eigenvalue weighted by Crippen LogP contribution is 2.07. The van der Waals surface area contributed by atoms with E-state index in [2.05, 4.69) is 0 Å². The van der Waals surface area contributed by atoms with E-state index in [1.807, 2.05) is 26.6 Å². The quantitative estimate of drug-likeness (QED) is 0.383. The molecule has 1 unspecified atom stereocenters. The zero-order valence-electron chi connectivity index (χ0n) is 10.3. The van der Waals surface area contributed by atoms with Crippen molar-refractivity contribution in [2.75, 3.05) is 19.8 Å². The van der Waals surface area contributed by atoms with Gasteiger partial charge in [0.2, 0.25) is 0 Å². The molecule has 0 aromatic heterocycles. The van der Waals surface area contributed by atoms with Gasteiger partial charge in [0.25, 0.3) is 0 Å². The lowest BCUT2D eigenvalue weighted by Crippen LogP contribution is -2.36. The zero-order valence-corrected chi connectivity index (χ0v) is 11.3. The maximum atomic E-state index is 11.4. The second-order valence-corrected chi connectivity index (χ2v) is 8.70. The summed E-state index contributed by atoms with van der Waals surface area (Å²) < 4.78 is 15.6. The van der Waals surface area contributed by atoms with Crippen LogP contribution in [0.2, 0.25) is 19.6 Å². The van der Waals surface area contributed by atoms with Gasteiger partial charge in [0.1, 0.15) is 12.7 Å². The second kappa shape index (κ2) is 6.98. The van der Waals surface area contributed by atoms with Crippen molar-refractivity contribution in [2.45, 2.75) is 39.6 Å². The van der Waals surface area contributed by atoms with Gasteiger partial charge < -0.3 is 13.9 Å². The summed E-state index contributed by atoms with van der Waals surface area (Å²) in [6.07, 6.45) is -0.474. The minimum absolute atomic E-state index is 0.298. The summed E-state index contributed by atoms with van der Waals surface area (Å²) >= 11 is 0. The molecule has 0 bridgehead atoms. The molecule has 0 aromatic rings. The van der Waals surface area contributed by atoms with Gasteiger partial charge in [-0.1, -0.05) is 0 Å². The van der Waals surface area contributed by atoms with Gasteiger partial charge in [0.05, 0.1) is 6.61 Å². The normalized spacial score (nSPS) is 13.7. The fraction of sp³-hybridized carbons (Fsp3) is 0.900. The van der Waals surface area contributed by atoms with Crippen molar-refractivity contribution < 1.29 is 18.7 Å². The first-order chi connectivity index (χ1) is 6.87. The summed E-state index contributed by atoms with van der Waals surface area (Å²) in [5.41, 5.74) is 0. The topological polar surface area (TPSA) is 44.8 Å². The first-order valence-electron chi connectivity index (χ1n) is 5.29. The van der Waals surface area contributed by atoms with Crippen LogP contribution in [0.25, 0.3) is 0 Å². The highest BCUT2D eigenvalue weighted by Gasteiger charge is 2.23. The Bertz CT molecular complexity index is 188. The molecule has 0 fully saturated rings. The van der Waals surface area contributed by atoms with E-state index in [-0.39, 0.29) is 5.97 Å². The molecule has 1 atom stereocenters. The third-order valence-electron chi connectivity index (χ3n) is 1.54. The van der Waals surface area contributed by atoms with Gasteiger partial charge >= 0.3 is 5.97 Å². The van der Waals surface area contributed by atoms with E-state index in [0.29, 0.717) is 19.8 Å². The van der Waals surface area contributed by atoms with Crippen molar-refractivity contribution in [1.29, 1.82) is 0 Å². The fourth-order valence-electron chi connectivity index (χ4n) is 1.04. The molecular weight excluding hydrogens is 212 g/mol. The van der Waals surface area contributed by atoms with E-state index in [4.69, 9.17) is 13.9 Å². The molecule has 0 aliphatic carbocycles. The number of hydrogen-bond acceptors (Lipinski definition) is 4. The summed E-state index contributed by atoms with van der Waals surface area (Å²) in [6.45, 7) is 11.1. The first kappa shape index (κ1) is 14.6. The highest BCUT2D eigenvalue weighted by molar-refractivity contribution is 6.69. The molecule has 0 N–H and O–H groups in total. The van der Waals surface area contributed by atoms with Crippen LogP contribution in [0.1, 0.15) is 13.8 Å². The number of carbonyl (C=O) groups is 1. The van der Waals surface area contributed by atoms with Crippen LogP contribution in [0.3, 0.4) is 0 Å². The molecule has 0 rings (SSSR count). The molecule has 0 amide bonds. The van der Waals surface area contributed by atoms with Crippen LogP contribution in [-0.2, 0) is 18.7 Å². The summed E-state index contributed by atoms with van der Waals surface area (Å²) in [4.78, 5) is 11.4. The van der Waals surface area contributed by atoms with Crippen LogP contribution in [0, 0.1) is 0 Å². The second-order valence-electron chi connectivity index (χ2n) is 4.24. The molecular formula is C10H22O4Si. The van der Waals surface area contributed by atoms with E-state index in [9.17, 15) is 4.79 Å². The molecule has 0 heterocycles. The van der Waals surface area contributed by atoms with Gasteiger partial charge in [-0.25, -0.2) is 4.79 Å². The minimum Gasteiger partial charge on any atom is -0.461 e. The van der Waals surface area contributed by atoms with Gasteiger partial charge in [-0.3, -0.25) is 0 Å². The Kier molecular flexibility index (Phi) is 6.79. The van der Waals surface area contributed by atoms with Gasteiger partial charge in [0.15, 0.2) is 8.32 Å². The molecule has 0 saturated carbocycles. The summed E-state index contributed by atoms with van der Waals surface area (Å²) in [5, 5.41) is 0. The minimum atomic E-state index is -1.67. The molecule has 0 spiro atoms. The Morgan fingerprint density at radius 3 is 2.33 bits per heavy atom. The van der Waals surface area contributed by atoms with Crippen LogP contribution >= 0.6 is 0 Å². The van der Waals surface area contributed by atoms with Crippen LogP contribution in [0.5, 0.6) is 0 Å². The van der Waals surface area contributed by atoms with Gasteiger partial charge in [-0.2, -0.15) is 0 Å². The average Bonchev–Trinajstić information content (AvgIpc) is 2.09. The standard InChI is InChI=1S/C10H22O4Si/c1-6-12-7-8-13-10(11)9(2)14-15(3,4)5/h9H,6-8H2,1-5H3. The van der Waals surface area contributed by atoms with Crippen molar-refractivity contribution >= 4 is 14.3 Å². The number of ether oxygens (including phenoxy) is 2. The van der Waals surface area contributed by atoms with Gasteiger partial charge in [-0.15, -0.1) is 0 Å². The predicted molar refractivity (Wildman–Crippen MR) is 61.3 cm³/mol. The number of esters is 1. The van der Waals surface area contributed by atoms with Gasteiger partial charge in [0, 0.05) is 6.61 Å². The van der Waals surface area contributed by atoms with Gasteiger partial charge in [-0.05, 0) is 33.5 Å². The van der Waals surface area contributed by atoms with Crippen LogP contribution in [-0.4, -0.2) is 40.2 Å². The first-order valence-corrected chi connectivity index (χ1v) is 8.70. The number of rotatable bonds is 7. The monoisotopic (exact) mass is 234 g/mol. The van der Waals surface area contributed by atoms with Crippen molar-refractivity contribution in [1.82, 2.24) is 0 Å². The summed E-state index contributed by atoms with van der Waals surface area (Å²) in [6, 6.07) is 0. The summed E-state index contributed by atoms with van der Waals surface area (Å²) in [5.74, 6) is -0.308. The molecule has 90 valence electrons. The number of carbonyl (C=O) groups excluding carboxylic acids is 1. The molecule has 0 saturated heterocycles. The maximum Gasteiger partial charge on any atom is 0.333 e. The molecule has 5 heteroatoms. The molecule has 4 nitrogen and oxygen atoms in total. The summed E-state index contributed by atoms with van der Waals surface area (Å²) in [7, 11) is -1.67.